The third-order valence-corrected chi connectivity index (χ3v) is 3.38. The van der Waals surface area contributed by atoms with Gasteiger partial charge in [0, 0.05) is 12.2 Å². The average molecular weight is 291 g/mol. The summed E-state index contributed by atoms with van der Waals surface area (Å²) in [5.74, 6) is -2.12. The number of benzene rings is 1. The number of amides is 1. The Bertz CT molecular complexity index is 581. The van der Waals surface area contributed by atoms with Crippen molar-refractivity contribution in [2.24, 2.45) is 0 Å². The number of rotatable bonds is 4. The molecule has 0 saturated heterocycles. The van der Waals surface area contributed by atoms with Gasteiger partial charge < -0.3 is 10.6 Å². The van der Waals surface area contributed by atoms with Crippen molar-refractivity contribution in [3.63, 3.8) is 0 Å². The van der Waals surface area contributed by atoms with Crippen LogP contribution in [0.25, 0.3) is 0 Å². The Hall–Kier alpha value is -2.42. The van der Waals surface area contributed by atoms with E-state index in [1.165, 1.54) is 6.07 Å². The molecule has 0 aromatic heterocycles. The standard InChI is InChI=1S/C15H15F2N3O/c16-12-6-3-7-13(17)14(12)19-9-10(8-18)15(21)20-11-4-1-2-5-11/h3,6-7,9,11,19H,1-2,4-5H2,(H,20,21)/b10-9-. The molecule has 1 saturated carbocycles. The van der Waals surface area contributed by atoms with E-state index < -0.39 is 17.5 Å². The van der Waals surface area contributed by atoms with Gasteiger partial charge in [-0.2, -0.15) is 5.26 Å². The molecule has 0 aliphatic heterocycles. The Kier molecular flexibility index (Phi) is 4.88. The van der Waals surface area contributed by atoms with E-state index in [2.05, 4.69) is 10.6 Å². The molecule has 2 rings (SSSR count). The molecular weight excluding hydrogens is 276 g/mol. The van der Waals surface area contributed by atoms with Crippen LogP contribution < -0.4 is 10.6 Å². The fourth-order valence-electron chi connectivity index (χ4n) is 2.26. The molecule has 0 bridgehead atoms. The molecule has 4 nitrogen and oxygen atoms in total. The van der Waals surface area contributed by atoms with Crippen LogP contribution in [0.1, 0.15) is 25.7 Å². The van der Waals surface area contributed by atoms with Crippen LogP contribution >= 0.6 is 0 Å². The normalized spacial score (nSPS) is 15.6. The first kappa shape index (κ1) is 15.0. The molecule has 1 aliphatic carbocycles. The summed E-state index contributed by atoms with van der Waals surface area (Å²) >= 11 is 0. The van der Waals surface area contributed by atoms with Gasteiger partial charge in [-0.1, -0.05) is 18.9 Å². The van der Waals surface area contributed by atoms with E-state index in [0.717, 1.165) is 44.0 Å². The molecular formula is C15H15F2N3O. The van der Waals surface area contributed by atoms with Crippen molar-refractivity contribution in [3.05, 3.63) is 41.6 Å². The number of nitrogens with zero attached hydrogens (tertiary/aromatic N) is 1. The van der Waals surface area contributed by atoms with Gasteiger partial charge in [-0.3, -0.25) is 4.79 Å². The number of nitriles is 1. The van der Waals surface area contributed by atoms with Gasteiger partial charge in [-0.15, -0.1) is 0 Å². The molecule has 0 spiro atoms. The number of hydrogen-bond acceptors (Lipinski definition) is 3. The largest absolute Gasteiger partial charge is 0.355 e. The van der Waals surface area contributed by atoms with Gasteiger partial charge in [0.05, 0.1) is 0 Å². The zero-order chi connectivity index (χ0) is 15.2. The second-order valence-electron chi connectivity index (χ2n) is 4.87. The van der Waals surface area contributed by atoms with Gasteiger partial charge in [0.1, 0.15) is 29.0 Å². The molecule has 1 aliphatic rings. The van der Waals surface area contributed by atoms with Crippen LogP contribution in [0.3, 0.4) is 0 Å². The van der Waals surface area contributed by atoms with Gasteiger partial charge in [0.15, 0.2) is 0 Å². The molecule has 110 valence electrons. The molecule has 1 fully saturated rings. The number of para-hydroxylation sites is 1. The molecule has 1 aromatic rings. The van der Waals surface area contributed by atoms with Crippen molar-refractivity contribution >= 4 is 11.6 Å². The number of halogens is 2. The summed E-state index contributed by atoms with van der Waals surface area (Å²) in [4.78, 5) is 11.9. The minimum Gasteiger partial charge on any atom is -0.355 e. The van der Waals surface area contributed by atoms with Crippen molar-refractivity contribution in [3.8, 4) is 6.07 Å². The smallest absolute Gasteiger partial charge is 0.263 e. The number of carbonyl (C=O) groups is 1. The summed E-state index contributed by atoms with van der Waals surface area (Å²) in [7, 11) is 0. The highest BCUT2D eigenvalue weighted by Gasteiger charge is 2.19. The Balaban J connectivity index is 2.06. The van der Waals surface area contributed by atoms with Crippen LogP contribution in [0.5, 0.6) is 0 Å². The maximum Gasteiger partial charge on any atom is 0.263 e. The summed E-state index contributed by atoms with van der Waals surface area (Å²) in [5.41, 5.74) is -0.608. The Morgan fingerprint density at radius 1 is 1.29 bits per heavy atom. The monoisotopic (exact) mass is 291 g/mol. The molecule has 1 amide bonds. The minimum atomic E-state index is -0.792. The van der Waals surface area contributed by atoms with Gasteiger partial charge in [-0.25, -0.2) is 8.78 Å². The van der Waals surface area contributed by atoms with E-state index in [0.29, 0.717) is 0 Å². The average Bonchev–Trinajstić information content (AvgIpc) is 2.95. The minimum absolute atomic E-state index is 0.0689. The fraction of sp³-hybridized carbons (Fsp3) is 0.333. The lowest BCUT2D eigenvalue weighted by molar-refractivity contribution is -0.117. The molecule has 21 heavy (non-hydrogen) atoms. The number of hydrogen-bond donors (Lipinski definition) is 2. The third-order valence-electron chi connectivity index (χ3n) is 3.38. The van der Waals surface area contributed by atoms with Crippen LogP contribution in [-0.4, -0.2) is 11.9 Å². The highest BCUT2D eigenvalue weighted by Crippen LogP contribution is 2.19. The SMILES string of the molecule is N#C/C(=C/Nc1c(F)cccc1F)C(=O)NC1CCCC1. The molecule has 0 heterocycles. The third kappa shape index (κ3) is 3.78. The topological polar surface area (TPSA) is 64.9 Å². The predicted molar refractivity (Wildman–Crippen MR) is 74.1 cm³/mol. The highest BCUT2D eigenvalue weighted by molar-refractivity contribution is 5.97. The number of carbonyl (C=O) groups excluding carboxylic acids is 1. The quantitative estimate of drug-likeness (QED) is 0.662. The molecule has 0 unspecified atom stereocenters. The van der Waals surface area contributed by atoms with Crippen LogP contribution in [-0.2, 0) is 4.79 Å². The van der Waals surface area contributed by atoms with Crippen molar-refractivity contribution in [1.82, 2.24) is 5.32 Å². The Morgan fingerprint density at radius 2 is 1.90 bits per heavy atom. The Morgan fingerprint density at radius 3 is 2.48 bits per heavy atom. The molecule has 0 radical (unpaired) electrons. The second kappa shape index (κ2) is 6.84. The van der Waals surface area contributed by atoms with Crippen molar-refractivity contribution in [2.75, 3.05) is 5.32 Å². The van der Waals surface area contributed by atoms with Gasteiger partial charge in [0.2, 0.25) is 0 Å². The van der Waals surface area contributed by atoms with E-state index >= 15 is 0 Å². The van der Waals surface area contributed by atoms with Crippen LogP contribution in [0.15, 0.2) is 30.0 Å². The van der Waals surface area contributed by atoms with Crippen LogP contribution in [0.4, 0.5) is 14.5 Å². The predicted octanol–water partition coefficient (Wildman–Crippen LogP) is 2.84. The molecule has 0 atom stereocenters. The highest BCUT2D eigenvalue weighted by atomic mass is 19.1. The second-order valence-corrected chi connectivity index (χ2v) is 4.87. The summed E-state index contributed by atoms with van der Waals surface area (Å²) in [6, 6.07) is 5.20. The lowest BCUT2D eigenvalue weighted by Crippen LogP contribution is -2.33. The van der Waals surface area contributed by atoms with E-state index in [1.54, 1.807) is 6.07 Å². The van der Waals surface area contributed by atoms with E-state index in [1.807, 2.05) is 0 Å². The van der Waals surface area contributed by atoms with Crippen molar-refractivity contribution < 1.29 is 13.6 Å². The first-order valence-corrected chi connectivity index (χ1v) is 6.73. The zero-order valence-electron chi connectivity index (χ0n) is 11.3. The van der Waals surface area contributed by atoms with E-state index in [-0.39, 0.29) is 17.3 Å². The number of anilines is 1. The lowest BCUT2D eigenvalue weighted by Gasteiger charge is -2.11. The summed E-state index contributed by atoms with van der Waals surface area (Å²) in [5, 5.41) is 14.1. The van der Waals surface area contributed by atoms with E-state index in [4.69, 9.17) is 5.26 Å². The zero-order valence-corrected chi connectivity index (χ0v) is 11.3. The first-order valence-electron chi connectivity index (χ1n) is 6.73. The maximum atomic E-state index is 13.4. The Labute approximate surface area is 121 Å². The molecule has 2 N–H and O–H groups in total. The summed E-state index contributed by atoms with van der Waals surface area (Å²) in [6.45, 7) is 0. The van der Waals surface area contributed by atoms with Crippen molar-refractivity contribution in [2.45, 2.75) is 31.7 Å². The van der Waals surface area contributed by atoms with Crippen LogP contribution in [0.2, 0.25) is 0 Å². The van der Waals surface area contributed by atoms with E-state index in [9.17, 15) is 13.6 Å². The first-order chi connectivity index (χ1) is 10.1. The van der Waals surface area contributed by atoms with Crippen molar-refractivity contribution in [1.29, 1.82) is 5.26 Å². The van der Waals surface area contributed by atoms with Gasteiger partial charge in [-0.05, 0) is 25.0 Å². The summed E-state index contributed by atoms with van der Waals surface area (Å²) in [6.07, 6.45) is 4.90. The molecule has 1 aromatic carbocycles. The van der Waals surface area contributed by atoms with Gasteiger partial charge >= 0.3 is 0 Å². The maximum absolute atomic E-state index is 13.4. The summed E-state index contributed by atoms with van der Waals surface area (Å²) < 4.78 is 26.8. The lowest BCUT2D eigenvalue weighted by atomic mass is 10.2. The number of nitrogens with one attached hydrogen (secondary N) is 2. The molecule has 6 heteroatoms. The fourth-order valence-corrected chi connectivity index (χ4v) is 2.26. The van der Waals surface area contributed by atoms with Gasteiger partial charge in [0.25, 0.3) is 5.91 Å². The van der Waals surface area contributed by atoms with Crippen LogP contribution in [0, 0.1) is 23.0 Å².